The molecule has 1 aromatic carbocycles. The van der Waals surface area contributed by atoms with Crippen LogP contribution in [0.15, 0.2) is 47.5 Å². The molecule has 180 valence electrons. The average molecular weight is 468 g/mol. The minimum absolute atomic E-state index is 0.326. The van der Waals surface area contributed by atoms with Crippen molar-refractivity contribution < 1.29 is 27.4 Å². The van der Waals surface area contributed by atoms with Gasteiger partial charge in [0.25, 0.3) is 0 Å². The zero-order valence-electron chi connectivity index (χ0n) is 18.6. The molecule has 1 aliphatic heterocycles. The average Bonchev–Trinajstić information content (AvgIpc) is 3.18. The van der Waals surface area contributed by atoms with Gasteiger partial charge in [0.1, 0.15) is 18.2 Å². The number of hydrogen-bond acceptors (Lipinski definition) is 7. The Morgan fingerprint density at radius 1 is 1.24 bits per heavy atom. The number of halogens is 3. The third-order valence-electron chi connectivity index (χ3n) is 4.72. The lowest BCUT2D eigenvalue weighted by Crippen LogP contribution is -2.64. The standard InChI is InChI=1S/C21H27F3N6O3/c1-14-10-30(13-27-14)17-5-4-15(8-18(17)32-3)21(25)28-16(11-33-12-20(22,23)24)9-19(29-21)26-6-7-31-2/h4-5,8-10,13,28H,6-7,11-12,25H2,1-3H3,(H,26,29). The third kappa shape index (κ3) is 6.46. The van der Waals surface area contributed by atoms with Gasteiger partial charge in [-0.15, -0.1) is 0 Å². The Labute approximate surface area is 189 Å². The van der Waals surface area contributed by atoms with E-state index in [1.807, 2.05) is 23.8 Å². The number of benzene rings is 1. The van der Waals surface area contributed by atoms with Crippen LogP contribution in [0, 0.1) is 6.92 Å². The molecule has 0 spiro atoms. The van der Waals surface area contributed by atoms with Gasteiger partial charge in [-0.05, 0) is 19.1 Å². The van der Waals surface area contributed by atoms with Crippen LogP contribution < -0.4 is 21.1 Å². The van der Waals surface area contributed by atoms with Crippen LogP contribution in [0.25, 0.3) is 5.69 Å². The van der Waals surface area contributed by atoms with Gasteiger partial charge in [0, 0.05) is 30.6 Å². The first-order valence-electron chi connectivity index (χ1n) is 10.1. The first-order chi connectivity index (χ1) is 15.6. The van der Waals surface area contributed by atoms with Crippen LogP contribution in [0.4, 0.5) is 13.2 Å². The fourth-order valence-corrected chi connectivity index (χ4v) is 3.25. The van der Waals surface area contributed by atoms with E-state index in [2.05, 4.69) is 20.6 Å². The van der Waals surface area contributed by atoms with E-state index in [1.165, 1.54) is 7.11 Å². The Hall–Kier alpha value is -3.09. The minimum Gasteiger partial charge on any atom is -0.495 e. The molecule has 33 heavy (non-hydrogen) atoms. The summed E-state index contributed by atoms with van der Waals surface area (Å²) in [5.41, 5.74) is 9.11. The van der Waals surface area contributed by atoms with E-state index in [0.29, 0.717) is 36.0 Å². The molecule has 1 aliphatic rings. The van der Waals surface area contributed by atoms with Gasteiger partial charge in [-0.25, -0.2) is 4.98 Å². The summed E-state index contributed by atoms with van der Waals surface area (Å²) < 4.78 is 54.7. The number of aliphatic imine (C=N–C) groups is 1. The minimum atomic E-state index is -4.43. The predicted molar refractivity (Wildman–Crippen MR) is 116 cm³/mol. The van der Waals surface area contributed by atoms with Gasteiger partial charge in [-0.2, -0.15) is 13.2 Å². The van der Waals surface area contributed by atoms with Crippen LogP contribution in [-0.2, 0) is 15.3 Å². The van der Waals surface area contributed by atoms with Crippen LogP contribution in [0.5, 0.6) is 5.75 Å². The maximum absolute atomic E-state index is 12.5. The van der Waals surface area contributed by atoms with Crippen LogP contribution in [0.3, 0.4) is 0 Å². The zero-order valence-corrected chi connectivity index (χ0v) is 18.6. The number of amidine groups is 1. The van der Waals surface area contributed by atoms with Crippen molar-refractivity contribution in [1.82, 2.24) is 20.2 Å². The van der Waals surface area contributed by atoms with E-state index >= 15 is 0 Å². The quantitative estimate of drug-likeness (QED) is 0.483. The second-order valence-corrected chi connectivity index (χ2v) is 7.40. The molecule has 1 aromatic heterocycles. The van der Waals surface area contributed by atoms with Gasteiger partial charge in [0.2, 0.25) is 0 Å². The van der Waals surface area contributed by atoms with Gasteiger partial charge in [-0.3, -0.25) is 10.7 Å². The van der Waals surface area contributed by atoms with E-state index in [0.717, 1.165) is 11.4 Å². The van der Waals surface area contributed by atoms with Gasteiger partial charge in [-0.1, -0.05) is 6.07 Å². The number of nitrogens with zero attached hydrogens (tertiary/aromatic N) is 3. The Kier molecular flexibility index (Phi) is 7.61. The molecule has 0 bridgehead atoms. The molecule has 1 atom stereocenters. The van der Waals surface area contributed by atoms with Crippen LogP contribution in [0.1, 0.15) is 11.3 Å². The van der Waals surface area contributed by atoms with Gasteiger partial charge in [0.05, 0.1) is 44.6 Å². The SMILES string of the molecule is COCCN=C1C=C(COCC(F)(F)F)NC(N)(c2ccc(-n3cnc(C)c3)c(OC)c2)N1. The predicted octanol–water partition coefficient (Wildman–Crippen LogP) is 1.96. The highest BCUT2D eigenvalue weighted by Gasteiger charge is 2.34. The fourth-order valence-electron chi connectivity index (χ4n) is 3.25. The highest BCUT2D eigenvalue weighted by atomic mass is 19.4. The first-order valence-corrected chi connectivity index (χ1v) is 10.1. The molecule has 4 N–H and O–H groups in total. The molecule has 0 aliphatic carbocycles. The second-order valence-electron chi connectivity index (χ2n) is 7.40. The van der Waals surface area contributed by atoms with E-state index in [-0.39, 0.29) is 6.61 Å². The van der Waals surface area contributed by atoms with Crippen molar-refractivity contribution in [2.45, 2.75) is 18.9 Å². The second kappa shape index (κ2) is 10.2. The van der Waals surface area contributed by atoms with E-state index < -0.39 is 18.6 Å². The zero-order chi connectivity index (χ0) is 24.1. The lowest BCUT2D eigenvalue weighted by molar-refractivity contribution is -0.172. The summed E-state index contributed by atoms with van der Waals surface area (Å²) in [7, 11) is 3.08. The number of nitrogens with one attached hydrogen (secondary N) is 2. The Balaban J connectivity index is 1.89. The van der Waals surface area contributed by atoms with E-state index in [9.17, 15) is 13.2 Å². The summed E-state index contributed by atoms with van der Waals surface area (Å²) in [4.78, 5) is 8.60. The highest BCUT2D eigenvalue weighted by molar-refractivity contribution is 5.95. The Morgan fingerprint density at radius 3 is 2.67 bits per heavy atom. The number of alkyl halides is 3. The number of methoxy groups -OCH3 is 2. The molecular weight excluding hydrogens is 441 g/mol. The molecule has 12 heteroatoms. The summed E-state index contributed by atoms with van der Waals surface area (Å²) >= 11 is 0. The Bertz CT molecular complexity index is 1020. The largest absolute Gasteiger partial charge is 0.495 e. The van der Waals surface area contributed by atoms with Crippen molar-refractivity contribution in [3.05, 3.63) is 53.8 Å². The van der Waals surface area contributed by atoms with Crippen molar-refractivity contribution >= 4 is 5.84 Å². The summed E-state index contributed by atoms with van der Waals surface area (Å²) in [5.74, 6) is -0.471. The van der Waals surface area contributed by atoms with Crippen molar-refractivity contribution in [2.24, 2.45) is 10.7 Å². The van der Waals surface area contributed by atoms with Gasteiger partial charge < -0.3 is 29.4 Å². The number of hydrogen-bond donors (Lipinski definition) is 3. The highest BCUT2D eigenvalue weighted by Crippen LogP contribution is 2.29. The van der Waals surface area contributed by atoms with Crippen LogP contribution in [-0.4, -0.2) is 62.1 Å². The number of ether oxygens (including phenoxy) is 3. The monoisotopic (exact) mass is 468 g/mol. The van der Waals surface area contributed by atoms with Crippen molar-refractivity contribution in [3.63, 3.8) is 0 Å². The maximum atomic E-state index is 12.5. The van der Waals surface area contributed by atoms with E-state index in [1.54, 1.807) is 31.6 Å². The maximum Gasteiger partial charge on any atom is 0.411 e. The molecular formula is C21H27F3N6O3. The number of imidazole rings is 1. The first kappa shape index (κ1) is 24.6. The Morgan fingerprint density at radius 2 is 2.03 bits per heavy atom. The summed E-state index contributed by atoms with van der Waals surface area (Å²) in [6.45, 7) is 0.884. The van der Waals surface area contributed by atoms with Crippen molar-refractivity contribution in [3.8, 4) is 11.4 Å². The van der Waals surface area contributed by atoms with Gasteiger partial charge in [0.15, 0.2) is 5.79 Å². The molecule has 0 radical (unpaired) electrons. The molecule has 9 nitrogen and oxygen atoms in total. The molecule has 3 rings (SSSR count). The lowest BCUT2D eigenvalue weighted by atomic mass is 10.0. The summed E-state index contributed by atoms with van der Waals surface area (Å²) in [5, 5.41) is 6.10. The molecule has 0 saturated heterocycles. The molecule has 1 unspecified atom stereocenters. The van der Waals surface area contributed by atoms with Crippen LogP contribution >= 0.6 is 0 Å². The van der Waals surface area contributed by atoms with Gasteiger partial charge >= 0.3 is 6.18 Å². The molecule has 2 heterocycles. The summed E-state index contributed by atoms with van der Waals surface area (Å²) in [6, 6.07) is 5.32. The fraction of sp³-hybridized carbons (Fsp3) is 0.429. The molecule has 0 amide bonds. The van der Waals surface area contributed by atoms with Crippen molar-refractivity contribution in [2.75, 3.05) is 40.6 Å². The molecule has 0 fully saturated rings. The number of nitrogens with two attached hydrogens (primary N) is 1. The van der Waals surface area contributed by atoms with Crippen LogP contribution in [0.2, 0.25) is 0 Å². The lowest BCUT2D eigenvalue weighted by Gasteiger charge is -2.38. The number of rotatable bonds is 9. The smallest absolute Gasteiger partial charge is 0.411 e. The summed E-state index contributed by atoms with van der Waals surface area (Å²) in [6.07, 6.45) is 0.641. The van der Waals surface area contributed by atoms with E-state index in [4.69, 9.17) is 19.9 Å². The third-order valence-corrected chi connectivity index (χ3v) is 4.72. The number of aromatic nitrogens is 2. The molecule has 2 aromatic rings. The van der Waals surface area contributed by atoms with Crippen molar-refractivity contribution in [1.29, 1.82) is 0 Å². The normalized spacial score (nSPS) is 19.7. The number of aryl methyl sites for hydroxylation is 1. The topological polar surface area (TPSA) is 108 Å². The molecule has 0 saturated carbocycles.